The largest absolute Gasteiger partial charge is 0.497 e. The molecule has 27 heavy (non-hydrogen) atoms. The minimum atomic E-state index is 0.0153. The number of amidine groups is 1. The molecule has 1 aliphatic heterocycles. The van der Waals surface area contributed by atoms with Crippen molar-refractivity contribution >= 4 is 34.6 Å². The van der Waals surface area contributed by atoms with Gasteiger partial charge in [-0.05, 0) is 60.5 Å². The second kappa shape index (κ2) is 8.44. The molecule has 0 bridgehead atoms. The van der Waals surface area contributed by atoms with Crippen LogP contribution in [0, 0.1) is 12.8 Å². The van der Waals surface area contributed by atoms with E-state index in [1.54, 1.807) is 12.0 Å². The monoisotopic (exact) mass is 380 g/mol. The molecule has 1 amide bonds. The average Bonchev–Trinajstić information content (AvgIpc) is 2.92. The van der Waals surface area contributed by atoms with Crippen LogP contribution in [0.2, 0.25) is 0 Å². The molecule has 0 spiro atoms. The summed E-state index contributed by atoms with van der Waals surface area (Å²) in [5.74, 6) is 1.16. The molecule has 2 aromatic rings. The Morgan fingerprint density at radius 1 is 1.11 bits per heavy atom. The zero-order valence-electron chi connectivity index (χ0n) is 16.1. The smallest absolute Gasteiger partial charge is 0.266 e. The number of nitrogens with zero attached hydrogens (tertiary/aromatic N) is 2. The van der Waals surface area contributed by atoms with Gasteiger partial charge in [0.25, 0.3) is 5.91 Å². The highest BCUT2D eigenvalue weighted by Gasteiger charge is 2.33. The van der Waals surface area contributed by atoms with Gasteiger partial charge in [0.15, 0.2) is 5.17 Å². The van der Waals surface area contributed by atoms with E-state index in [-0.39, 0.29) is 5.91 Å². The Balaban J connectivity index is 1.92. The van der Waals surface area contributed by atoms with E-state index in [0.717, 1.165) is 22.2 Å². The highest BCUT2D eigenvalue weighted by Crippen LogP contribution is 2.35. The van der Waals surface area contributed by atoms with E-state index in [1.807, 2.05) is 42.5 Å². The van der Waals surface area contributed by atoms with Gasteiger partial charge in [-0.1, -0.05) is 43.7 Å². The van der Waals surface area contributed by atoms with Crippen molar-refractivity contribution < 1.29 is 9.53 Å². The van der Waals surface area contributed by atoms with Gasteiger partial charge >= 0.3 is 0 Å². The van der Waals surface area contributed by atoms with E-state index >= 15 is 0 Å². The van der Waals surface area contributed by atoms with Gasteiger partial charge in [0.05, 0.1) is 17.7 Å². The summed E-state index contributed by atoms with van der Waals surface area (Å²) in [5.41, 5.74) is 3.02. The number of ether oxygens (including phenoxy) is 1. The molecule has 1 heterocycles. The first-order valence-corrected chi connectivity index (χ1v) is 9.78. The highest BCUT2D eigenvalue weighted by atomic mass is 32.2. The summed E-state index contributed by atoms with van der Waals surface area (Å²) in [6, 6.07) is 15.7. The molecular weight excluding hydrogens is 356 g/mol. The summed E-state index contributed by atoms with van der Waals surface area (Å²) in [6.07, 6.45) is 1.94. The molecule has 0 saturated carbocycles. The van der Waals surface area contributed by atoms with E-state index in [4.69, 9.17) is 9.73 Å². The van der Waals surface area contributed by atoms with Crippen molar-refractivity contribution in [2.75, 3.05) is 13.7 Å². The lowest BCUT2D eigenvalue weighted by Crippen LogP contribution is -2.32. The summed E-state index contributed by atoms with van der Waals surface area (Å²) >= 11 is 1.43. The number of hydrogen-bond acceptors (Lipinski definition) is 4. The van der Waals surface area contributed by atoms with Crippen LogP contribution in [-0.2, 0) is 4.79 Å². The van der Waals surface area contributed by atoms with Crippen LogP contribution in [0.25, 0.3) is 6.08 Å². The number of carbonyl (C=O) groups is 1. The fourth-order valence-electron chi connectivity index (χ4n) is 2.70. The number of aryl methyl sites for hydroxylation is 1. The molecule has 5 heteroatoms. The molecule has 1 saturated heterocycles. The maximum atomic E-state index is 12.9. The fourth-order valence-corrected chi connectivity index (χ4v) is 3.71. The van der Waals surface area contributed by atoms with Gasteiger partial charge in [0, 0.05) is 6.54 Å². The van der Waals surface area contributed by atoms with Crippen LogP contribution >= 0.6 is 11.8 Å². The predicted octanol–water partition coefficient (Wildman–Crippen LogP) is 5.26. The van der Waals surface area contributed by atoms with E-state index in [9.17, 15) is 4.79 Å². The van der Waals surface area contributed by atoms with Gasteiger partial charge in [0.1, 0.15) is 5.75 Å². The standard InChI is InChI=1S/C22H24N2O2S/c1-15(2)14-24-21(25)20(13-17-7-5-16(3)6-8-17)27-22(24)23-18-9-11-19(26-4)12-10-18/h5-13,15H,14H2,1-4H3. The van der Waals surface area contributed by atoms with Crippen LogP contribution < -0.4 is 4.74 Å². The Labute approximate surface area is 164 Å². The Kier molecular flexibility index (Phi) is 6.01. The minimum Gasteiger partial charge on any atom is -0.497 e. The van der Waals surface area contributed by atoms with E-state index in [1.165, 1.54) is 17.3 Å². The number of rotatable bonds is 5. The first kappa shape index (κ1) is 19.2. The van der Waals surface area contributed by atoms with Crippen molar-refractivity contribution in [1.82, 2.24) is 4.90 Å². The maximum absolute atomic E-state index is 12.9. The lowest BCUT2D eigenvalue weighted by molar-refractivity contribution is -0.122. The highest BCUT2D eigenvalue weighted by molar-refractivity contribution is 8.18. The first-order chi connectivity index (χ1) is 13.0. The Bertz CT molecular complexity index is 868. The summed E-state index contributed by atoms with van der Waals surface area (Å²) in [4.78, 5) is 20.1. The van der Waals surface area contributed by atoms with Gasteiger partial charge in [-0.15, -0.1) is 0 Å². The normalized spacial score (nSPS) is 17.4. The minimum absolute atomic E-state index is 0.0153. The van der Waals surface area contributed by atoms with Crippen LogP contribution in [0.15, 0.2) is 58.4 Å². The maximum Gasteiger partial charge on any atom is 0.266 e. The molecule has 140 valence electrons. The molecular formula is C22H24N2O2S. The summed E-state index contributed by atoms with van der Waals surface area (Å²) in [5, 5.41) is 0.720. The van der Waals surface area contributed by atoms with Gasteiger partial charge in [-0.2, -0.15) is 0 Å². The average molecular weight is 381 g/mol. The third kappa shape index (κ3) is 4.80. The van der Waals surface area contributed by atoms with Crippen LogP contribution in [-0.4, -0.2) is 29.6 Å². The van der Waals surface area contributed by atoms with Crippen molar-refractivity contribution in [3.05, 3.63) is 64.6 Å². The van der Waals surface area contributed by atoms with Crippen molar-refractivity contribution in [1.29, 1.82) is 0 Å². The van der Waals surface area contributed by atoms with Crippen molar-refractivity contribution in [2.45, 2.75) is 20.8 Å². The molecule has 3 rings (SSSR count). The van der Waals surface area contributed by atoms with Crippen LogP contribution in [0.1, 0.15) is 25.0 Å². The number of amides is 1. The topological polar surface area (TPSA) is 41.9 Å². The molecule has 1 aliphatic rings. The molecule has 0 aromatic heterocycles. The lowest BCUT2D eigenvalue weighted by Gasteiger charge is -2.17. The summed E-state index contributed by atoms with van der Waals surface area (Å²) < 4.78 is 5.19. The van der Waals surface area contributed by atoms with Crippen molar-refractivity contribution in [3.8, 4) is 5.75 Å². The third-order valence-corrected chi connectivity index (χ3v) is 5.11. The third-order valence-electron chi connectivity index (χ3n) is 4.11. The number of hydrogen-bond donors (Lipinski definition) is 0. The summed E-state index contributed by atoms with van der Waals surface area (Å²) in [7, 11) is 1.64. The van der Waals surface area contributed by atoms with Gasteiger partial charge < -0.3 is 4.74 Å². The lowest BCUT2D eigenvalue weighted by atomic mass is 10.1. The number of carbonyl (C=O) groups excluding carboxylic acids is 1. The number of thioether (sulfide) groups is 1. The second-order valence-electron chi connectivity index (χ2n) is 6.92. The zero-order chi connectivity index (χ0) is 19.4. The Hall–Kier alpha value is -2.53. The molecule has 4 nitrogen and oxygen atoms in total. The van der Waals surface area contributed by atoms with Crippen molar-refractivity contribution in [2.24, 2.45) is 10.9 Å². The molecule has 2 aromatic carbocycles. The summed E-state index contributed by atoms with van der Waals surface area (Å²) in [6.45, 7) is 6.90. The fraction of sp³-hybridized carbons (Fsp3) is 0.273. The number of aliphatic imine (C=N–C) groups is 1. The Morgan fingerprint density at radius 3 is 2.37 bits per heavy atom. The SMILES string of the molecule is COc1ccc(N=C2SC(=Cc3ccc(C)cc3)C(=O)N2CC(C)C)cc1. The molecule has 0 N–H and O–H groups in total. The quantitative estimate of drug-likeness (QED) is 0.664. The van der Waals surface area contributed by atoms with E-state index in [2.05, 4.69) is 32.9 Å². The molecule has 1 fully saturated rings. The van der Waals surface area contributed by atoms with E-state index in [0.29, 0.717) is 17.4 Å². The number of benzene rings is 2. The molecule has 0 unspecified atom stereocenters. The van der Waals surface area contributed by atoms with E-state index < -0.39 is 0 Å². The molecule has 0 aliphatic carbocycles. The van der Waals surface area contributed by atoms with Gasteiger partial charge in [0.2, 0.25) is 0 Å². The zero-order valence-corrected chi connectivity index (χ0v) is 16.9. The first-order valence-electron chi connectivity index (χ1n) is 8.97. The van der Waals surface area contributed by atoms with Crippen LogP contribution in [0.5, 0.6) is 5.75 Å². The molecule has 0 radical (unpaired) electrons. The molecule has 0 atom stereocenters. The van der Waals surface area contributed by atoms with Crippen molar-refractivity contribution in [3.63, 3.8) is 0 Å². The Morgan fingerprint density at radius 2 is 1.78 bits per heavy atom. The van der Waals surface area contributed by atoms with Crippen LogP contribution in [0.4, 0.5) is 5.69 Å². The van der Waals surface area contributed by atoms with Gasteiger partial charge in [-0.3, -0.25) is 9.69 Å². The van der Waals surface area contributed by atoms with Crippen LogP contribution in [0.3, 0.4) is 0 Å². The second-order valence-corrected chi connectivity index (χ2v) is 7.93. The van der Waals surface area contributed by atoms with Gasteiger partial charge in [-0.25, -0.2) is 4.99 Å². The predicted molar refractivity (Wildman–Crippen MR) is 113 cm³/mol. The number of methoxy groups -OCH3 is 1.